The molecular weight excluding hydrogens is 289 g/mol. The van der Waals surface area contributed by atoms with E-state index in [1.165, 1.54) is 0 Å². The molecule has 1 nitrogen and oxygen atoms in total. The number of halogens is 3. The predicted octanol–water partition coefficient (Wildman–Crippen LogP) is 4.26. The molecule has 22 heavy (non-hydrogen) atoms. The molecule has 0 fully saturated rings. The normalized spacial score (nSPS) is 13.2. The number of hydrogen-bond donors (Lipinski definition) is 1. The van der Waals surface area contributed by atoms with E-state index in [1.54, 1.807) is 60.7 Å². The molecule has 0 bridgehead atoms. The van der Waals surface area contributed by atoms with Gasteiger partial charge in [0, 0.05) is 17.2 Å². The lowest BCUT2D eigenvalue weighted by Crippen LogP contribution is -2.08. The largest absolute Gasteiger partial charge is 0.410 e. The molecule has 0 aliphatic heterocycles. The van der Waals surface area contributed by atoms with Crippen molar-refractivity contribution in [2.45, 2.75) is 12.3 Å². The van der Waals surface area contributed by atoms with Gasteiger partial charge in [-0.25, -0.2) is 0 Å². The molecule has 2 rings (SSSR count). The first-order valence-corrected chi connectivity index (χ1v) is 6.55. The van der Waals surface area contributed by atoms with Crippen LogP contribution in [0, 0.1) is 11.8 Å². The fraction of sp³-hybridized carbons (Fsp3) is 0.111. The summed E-state index contributed by atoms with van der Waals surface area (Å²) in [6.07, 6.45) is -5.92. The van der Waals surface area contributed by atoms with Gasteiger partial charge in [0.2, 0.25) is 0 Å². The second kappa shape index (κ2) is 6.97. The molecule has 0 aliphatic rings. The van der Waals surface area contributed by atoms with Gasteiger partial charge in [-0.3, -0.25) is 0 Å². The van der Waals surface area contributed by atoms with E-state index in [1.807, 2.05) is 0 Å². The second-order valence-corrected chi connectivity index (χ2v) is 4.57. The van der Waals surface area contributed by atoms with Gasteiger partial charge in [0.15, 0.2) is 0 Å². The molecule has 0 heterocycles. The third kappa shape index (κ3) is 4.80. The van der Waals surface area contributed by atoms with E-state index in [9.17, 15) is 18.3 Å². The van der Waals surface area contributed by atoms with Crippen molar-refractivity contribution in [1.82, 2.24) is 0 Å². The second-order valence-electron chi connectivity index (χ2n) is 4.57. The Balaban J connectivity index is 2.37. The van der Waals surface area contributed by atoms with Gasteiger partial charge in [-0.15, -0.1) is 0 Å². The maximum absolute atomic E-state index is 12.7. The quantitative estimate of drug-likeness (QED) is 0.822. The van der Waals surface area contributed by atoms with Gasteiger partial charge < -0.3 is 5.11 Å². The highest BCUT2D eigenvalue weighted by molar-refractivity contribution is 5.44. The van der Waals surface area contributed by atoms with Gasteiger partial charge in [0.1, 0.15) is 6.10 Å². The predicted molar refractivity (Wildman–Crippen MR) is 78.9 cm³/mol. The SMILES string of the molecule is OC(/C(C#Cc1ccccc1)=C/C(F)(F)F)c1ccccc1. The van der Waals surface area contributed by atoms with E-state index in [0.717, 1.165) is 0 Å². The Morgan fingerprint density at radius 3 is 2.05 bits per heavy atom. The van der Waals surface area contributed by atoms with E-state index in [0.29, 0.717) is 11.1 Å². The lowest BCUT2D eigenvalue weighted by atomic mass is 10.0. The summed E-state index contributed by atoms with van der Waals surface area (Å²) in [4.78, 5) is 0. The maximum Gasteiger partial charge on any atom is 0.410 e. The molecule has 0 amide bonds. The Morgan fingerprint density at radius 1 is 0.955 bits per heavy atom. The van der Waals surface area contributed by atoms with Crippen molar-refractivity contribution in [2.24, 2.45) is 0 Å². The van der Waals surface area contributed by atoms with Crippen LogP contribution in [-0.2, 0) is 0 Å². The summed E-state index contributed by atoms with van der Waals surface area (Å²) in [6.45, 7) is 0. The third-order valence-corrected chi connectivity index (χ3v) is 2.85. The Labute approximate surface area is 126 Å². The van der Waals surface area contributed by atoms with Gasteiger partial charge in [0.05, 0.1) is 0 Å². The molecule has 112 valence electrons. The average Bonchev–Trinajstić information content (AvgIpc) is 2.51. The molecule has 0 aromatic heterocycles. The first kappa shape index (κ1) is 15.9. The van der Waals surface area contributed by atoms with Crippen molar-refractivity contribution in [2.75, 3.05) is 0 Å². The minimum absolute atomic E-state index is 0.0423. The van der Waals surface area contributed by atoms with Crippen LogP contribution in [0.25, 0.3) is 0 Å². The smallest absolute Gasteiger partial charge is 0.383 e. The zero-order valence-electron chi connectivity index (χ0n) is 11.5. The van der Waals surface area contributed by atoms with Gasteiger partial charge in [-0.1, -0.05) is 60.4 Å². The number of allylic oxidation sites excluding steroid dienone is 1. The highest BCUT2D eigenvalue weighted by Crippen LogP contribution is 2.26. The van der Waals surface area contributed by atoms with Gasteiger partial charge in [-0.05, 0) is 17.7 Å². The van der Waals surface area contributed by atoms with Crippen LogP contribution < -0.4 is 0 Å². The number of aliphatic hydroxyl groups is 1. The number of hydrogen-bond acceptors (Lipinski definition) is 1. The van der Waals surface area contributed by atoms with E-state index in [4.69, 9.17) is 0 Å². The summed E-state index contributed by atoms with van der Waals surface area (Å²) in [5.74, 6) is 5.07. The van der Waals surface area contributed by atoms with Crippen molar-refractivity contribution >= 4 is 0 Å². The molecule has 0 spiro atoms. The van der Waals surface area contributed by atoms with Gasteiger partial charge in [0.25, 0.3) is 0 Å². The summed E-state index contributed by atoms with van der Waals surface area (Å²) < 4.78 is 38.0. The van der Waals surface area contributed by atoms with Crippen molar-refractivity contribution in [1.29, 1.82) is 0 Å². The monoisotopic (exact) mass is 302 g/mol. The zero-order chi connectivity index (χ0) is 16.0. The molecule has 0 aliphatic carbocycles. The number of benzene rings is 2. The zero-order valence-corrected chi connectivity index (χ0v) is 11.5. The molecule has 1 unspecified atom stereocenters. The molecule has 1 atom stereocenters. The first-order chi connectivity index (χ1) is 10.5. The van der Waals surface area contributed by atoms with Crippen molar-refractivity contribution < 1.29 is 18.3 Å². The van der Waals surface area contributed by atoms with Crippen molar-refractivity contribution in [3.63, 3.8) is 0 Å². The Morgan fingerprint density at radius 2 is 1.50 bits per heavy atom. The fourth-order valence-electron chi connectivity index (χ4n) is 1.84. The molecule has 0 saturated carbocycles. The molecule has 4 heteroatoms. The lowest BCUT2D eigenvalue weighted by Gasteiger charge is -2.12. The molecule has 0 saturated heterocycles. The van der Waals surface area contributed by atoms with Gasteiger partial charge in [-0.2, -0.15) is 13.2 Å². The van der Waals surface area contributed by atoms with E-state index >= 15 is 0 Å². The number of aliphatic hydroxyl groups excluding tert-OH is 1. The fourth-order valence-corrected chi connectivity index (χ4v) is 1.84. The summed E-state index contributed by atoms with van der Waals surface area (Å²) in [5, 5.41) is 10.2. The Kier molecular flexibility index (Phi) is 5.03. The Hall–Kier alpha value is -2.51. The van der Waals surface area contributed by atoms with Crippen LogP contribution in [0.1, 0.15) is 17.2 Å². The average molecular weight is 302 g/mol. The summed E-state index contributed by atoms with van der Waals surface area (Å²) in [5.41, 5.74) is 0.554. The molecule has 2 aromatic carbocycles. The lowest BCUT2D eigenvalue weighted by molar-refractivity contribution is -0.0810. The minimum Gasteiger partial charge on any atom is -0.383 e. The van der Waals surface area contributed by atoms with Crippen LogP contribution in [0.5, 0.6) is 0 Å². The molecule has 0 radical (unpaired) electrons. The number of alkyl halides is 3. The topological polar surface area (TPSA) is 20.2 Å². The number of rotatable bonds is 2. The third-order valence-electron chi connectivity index (χ3n) is 2.85. The van der Waals surface area contributed by atoms with Crippen LogP contribution in [0.2, 0.25) is 0 Å². The highest BCUT2D eigenvalue weighted by atomic mass is 19.4. The van der Waals surface area contributed by atoms with Gasteiger partial charge >= 0.3 is 6.18 Å². The van der Waals surface area contributed by atoms with E-state index in [2.05, 4.69) is 11.8 Å². The summed E-state index contributed by atoms with van der Waals surface area (Å²) >= 11 is 0. The van der Waals surface area contributed by atoms with Crippen LogP contribution in [0.3, 0.4) is 0 Å². The molecule has 2 aromatic rings. The van der Waals surface area contributed by atoms with Crippen LogP contribution in [0.4, 0.5) is 13.2 Å². The van der Waals surface area contributed by atoms with E-state index in [-0.39, 0.29) is 11.6 Å². The van der Waals surface area contributed by atoms with Crippen LogP contribution in [0.15, 0.2) is 72.3 Å². The first-order valence-electron chi connectivity index (χ1n) is 6.55. The summed E-state index contributed by atoms with van der Waals surface area (Å²) in [7, 11) is 0. The van der Waals surface area contributed by atoms with Crippen LogP contribution >= 0.6 is 0 Å². The van der Waals surface area contributed by atoms with Crippen LogP contribution in [-0.4, -0.2) is 11.3 Å². The molecule has 1 N–H and O–H groups in total. The highest BCUT2D eigenvalue weighted by Gasteiger charge is 2.26. The standard InChI is InChI=1S/C18H13F3O/c19-18(20,21)13-16(12-11-14-7-3-1-4-8-14)17(22)15-9-5-2-6-10-15/h1-10,13,17,22H/b16-13+. The minimum atomic E-state index is -4.55. The van der Waals surface area contributed by atoms with Crippen molar-refractivity contribution in [3.05, 3.63) is 83.4 Å². The Bertz CT molecular complexity index is 692. The maximum atomic E-state index is 12.7. The summed E-state index contributed by atoms with van der Waals surface area (Å²) in [6, 6.07) is 16.8. The molecular formula is C18H13F3O. The van der Waals surface area contributed by atoms with E-state index < -0.39 is 12.3 Å². The van der Waals surface area contributed by atoms with Crippen molar-refractivity contribution in [3.8, 4) is 11.8 Å².